The molecule has 2 fully saturated rings. The van der Waals surface area contributed by atoms with Crippen molar-refractivity contribution in [3.05, 3.63) is 0 Å². The lowest BCUT2D eigenvalue weighted by atomic mass is 9.99. The van der Waals surface area contributed by atoms with Crippen molar-refractivity contribution >= 4 is 6.09 Å². The van der Waals surface area contributed by atoms with Gasteiger partial charge in [-0.15, -0.1) is 0 Å². The van der Waals surface area contributed by atoms with Crippen LogP contribution >= 0.6 is 0 Å². The molecule has 0 saturated carbocycles. The largest absolute Gasteiger partial charge is 0.444 e. The minimum atomic E-state index is -0.407. The van der Waals surface area contributed by atoms with Crippen LogP contribution in [-0.2, 0) is 4.74 Å². The smallest absolute Gasteiger partial charge is 0.410 e. The second-order valence-electron chi connectivity index (χ2n) is 6.00. The highest BCUT2D eigenvalue weighted by molar-refractivity contribution is 5.69. The molecule has 2 saturated heterocycles. The predicted molar refractivity (Wildman–Crippen MR) is 62.1 cm³/mol. The highest BCUT2D eigenvalue weighted by Gasteiger charge is 2.43. The number of ether oxygens (including phenoxy) is 1. The number of hydrogen-bond donors (Lipinski definition) is 1. The van der Waals surface area contributed by atoms with E-state index in [1.807, 2.05) is 25.7 Å². The van der Waals surface area contributed by atoms with Gasteiger partial charge >= 0.3 is 6.09 Å². The molecule has 2 N–H and O–H groups in total. The van der Waals surface area contributed by atoms with E-state index in [9.17, 15) is 4.79 Å². The molecule has 0 spiro atoms. The molecule has 0 aliphatic carbocycles. The summed E-state index contributed by atoms with van der Waals surface area (Å²) in [5.74, 6) is 0. The number of nitrogens with two attached hydrogens (primary N) is 1. The normalized spacial score (nSPS) is 34.0. The van der Waals surface area contributed by atoms with Gasteiger partial charge in [-0.05, 0) is 46.5 Å². The van der Waals surface area contributed by atoms with Gasteiger partial charge in [-0.3, -0.25) is 0 Å². The predicted octanol–water partition coefficient (Wildman–Crippen LogP) is 1.88. The number of carbonyl (C=O) groups is 1. The van der Waals surface area contributed by atoms with E-state index in [2.05, 4.69) is 0 Å². The lowest BCUT2D eigenvalue weighted by Crippen LogP contribution is -2.51. The molecule has 0 aromatic rings. The summed E-state index contributed by atoms with van der Waals surface area (Å²) in [7, 11) is 0. The lowest BCUT2D eigenvalue weighted by molar-refractivity contribution is 0.00620. The van der Waals surface area contributed by atoms with E-state index in [1.165, 1.54) is 0 Å². The van der Waals surface area contributed by atoms with Crippen molar-refractivity contribution in [1.29, 1.82) is 0 Å². The highest BCUT2D eigenvalue weighted by Crippen LogP contribution is 2.36. The molecule has 2 rings (SSSR count). The summed E-state index contributed by atoms with van der Waals surface area (Å²) >= 11 is 0. The van der Waals surface area contributed by atoms with Crippen LogP contribution in [-0.4, -0.2) is 34.7 Å². The SMILES string of the molecule is CC(C)(C)OC(=O)N1[C@@H]2CC[C@H]1C[C@@H](N)C2. The Balaban J connectivity index is 2.03. The fourth-order valence-electron chi connectivity index (χ4n) is 2.83. The van der Waals surface area contributed by atoms with Crippen LogP contribution in [0.3, 0.4) is 0 Å². The number of carbonyl (C=O) groups excluding carboxylic acids is 1. The van der Waals surface area contributed by atoms with Gasteiger partial charge in [-0.1, -0.05) is 0 Å². The maximum Gasteiger partial charge on any atom is 0.410 e. The summed E-state index contributed by atoms with van der Waals surface area (Å²) in [5, 5.41) is 0. The van der Waals surface area contributed by atoms with Crippen molar-refractivity contribution in [1.82, 2.24) is 4.90 Å². The fraction of sp³-hybridized carbons (Fsp3) is 0.917. The molecular formula is C12H22N2O2. The Labute approximate surface area is 97.1 Å². The first-order chi connectivity index (χ1) is 7.37. The first-order valence-electron chi connectivity index (χ1n) is 6.14. The Morgan fingerprint density at radius 2 is 1.75 bits per heavy atom. The third-order valence-electron chi connectivity index (χ3n) is 3.37. The molecule has 0 radical (unpaired) electrons. The zero-order valence-corrected chi connectivity index (χ0v) is 10.4. The van der Waals surface area contributed by atoms with E-state index in [-0.39, 0.29) is 12.1 Å². The molecule has 1 amide bonds. The van der Waals surface area contributed by atoms with Gasteiger partial charge in [0.2, 0.25) is 0 Å². The average Bonchev–Trinajstić information content (AvgIpc) is 2.36. The van der Waals surface area contributed by atoms with Crippen molar-refractivity contribution in [2.24, 2.45) is 5.73 Å². The van der Waals surface area contributed by atoms with Gasteiger partial charge in [0, 0.05) is 18.1 Å². The summed E-state index contributed by atoms with van der Waals surface area (Å²) in [6.45, 7) is 5.72. The van der Waals surface area contributed by atoms with Crippen LogP contribution in [0.4, 0.5) is 4.79 Å². The van der Waals surface area contributed by atoms with E-state index < -0.39 is 5.60 Å². The Hall–Kier alpha value is -0.770. The van der Waals surface area contributed by atoms with E-state index >= 15 is 0 Å². The Bertz CT molecular complexity index is 271. The second kappa shape index (κ2) is 3.91. The van der Waals surface area contributed by atoms with Gasteiger partial charge in [0.1, 0.15) is 5.60 Å². The first-order valence-corrected chi connectivity index (χ1v) is 6.14. The number of piperidine rings is 1. The molecule has 92 valence electrons. The van der Waals surface area contributed by atoms with Crippen LogP contribution in [0.1, 0.15) is 46.5 Å². The first kappa shape index (κ1) is 11.7. The zero-order chi connectivity index (χ0) is 11.9. The second-order valence-corrected chi connectivity index (χ2v) is 6.00. The molecule has 16 heavy (non-hydrogen) atoms. The number of rotatable bonds is 0. The Morgan fingerprint density at radius 1 is 1.25 bits per heavy atom. The zero-order valence-electron chi connectivity index (χ0n) is 10.4. The number of fused-ring (bicyclic) bond motifs is 2. The van der Waals surface area contributed by atoms with E-state index in [0.29, 0.717) is 12.1 Å². The van der Waals surface area contributed by atoms with E-state index in [1.54, 1.807) is 0 Å². The molecule has 4 nitrogen and oxygen atoms in total. The molecule has 0 aromatic heterocycles. The van der Waals surface area contributed by atoms with E-state index in [4.69, 9.17) is 10.5 Å². The van der Waals surface area contributed by atoms with Crippen molar-refractivity contribution in [2.45, 2.75) is 70.2 Å². The minimum Gasteiger partial charge on any atom is -0.444 e. The van der Waals surface area contributed by atoms with Gasteiger partial charge in [0.05, 0.1) is 0 Å². The van der Waals surface area contributed by atoms with Gasteiger partial charge in [0.25, 0.3) is 0 Å². The van der Waals surface area contributed by atoms with Crippen LogP contribution in [0, 0.1) is 0 Å². The van der Waals surface area contributed by atoms with Crippen LogP contribution in [0.25, 0.3) is 0 Å². The summed E-state index contributed by atoms with van der Waals surface area (Å²) in [4.78, 5) is 14.0. The number of hydrogen-bond acceptors (Lipinski definition) is 3. The van der Waals surface area contributed by atoms with E-state index in [0.717, 1.165) is 25.7 Å². The van der Waals surface area contributed by atoms with Crippen molar-refractivity contribution < 1.29 is 9.53 Å². The van der Waals surface area contributed by atoms with Crippen LogP contribution in [0.2, 0.25) is 0 Å². The molecule has 2 bridgehead atoms. The highest BCUT2D eigenvalue weighted by atomic mass is 16.6. The lowest BCUT2D eigenvalue weighted by Gasteiger charge is -2.38. The maximum absolute atomic E-state index is 12.0. The number of nitrogens with zero attached hydrogens (tertiary/aromatic N) is 1. The van der Waals surface area contributed by atoms with Gasteiger partial charge in [0.15, 0.2) is 0 Å². The number of amides is 1. The third-order valence-corrected chi connectivity index (χ3v) is 3.37. The van der Waals surface area contributed by atoms with Gasteiger partial charge in [-0.25, -0.2) is 4.79 Å². The maximum atomic E-state index is 12.0. The molecule has 2 aliphatic heterocycles. The Kier molecular flexibility index (Phi) is 2.86. The van der Waals surface area contributed by atoms with Crippen molar-refractivity contribution in [3.63, 3.8) is 0 Å². The molecule has 4 heteroatoms. The third kappa shape index (κ3) is 2.32. The summed E-state index contributed by atoms with van der Waals surface area (Å²) in [6.07, 6.45) is 3.85. The molecular weight excluding hydrogens is 204 g/mol. The average molecular weight is 226 g/mol. The quantitative estimate of drug-likeness (QED) is 0.686. The molecule has 3 atom stereocenters. The monoisotopic (exact) mass is 226 g/mol. The molecule has 2 aliphatic rings. The van der Waals surface area contributed by atoms with Crippen molar-refractivity contribution in [3.8, 4) is 0 Å². The van der Waals surface area contributed by atoms with Crippen LogP contribution < -0.4 is 5.73 Å². The Morgan fingerprint density at radius 3 is 2.19 bits per heavy atom. The van der Waals surface area contributed by atoms with Crippen LogP contribution in [0.15, 0.2) is 0 Å². The van der Waals surface area contributed by atoms with Gasteiger partial charge in [-0.2, -0.15) is 0 Å². The van der Waals surface area contributed by atoms with Gasteiger partial charge < -0.3 is 15.4 Å². The molecule has 0 unspecified atom stereocenters. The van der Waals surface area contributed by atoms with Crippen LogP contribution in [0.5, 0.6) is 0 Å². The topological polar surface area (TPSA) is 55.6 Å². The molecule has 0 aromatic carbocycles. The standard InChI is InChI=1S/C12H22N2O2/c1-12(2,3)16-11(15)14-9-4-5-10(14)7-8(13)6-9/h8-10H,4-7,13H2,1-3H3/t8-,9+,10-. The minimum absolute atomic E-state index is 0.160. The summed E-state index contributed by atoms with van der Waals surface area (Å²) in [6, 6.07) is 0.878. The molecule has 2 heterocycles. The fourth-order valence-corrected chi connectivity index (χ4v) is 2.83. The van der Waals surface area contributed by atoms with Crippen molar-refractivity contribution in [2.75, 3.05) is 0 Å². The summed E-state index contributed by atoms with van der Waals surface area (Å²) < 4.78 is 5.44. The summed E-state index contributed by atoms with van der Waals surface area (Å²) in [5.41, 5.74) is 5.56.